The van der Waals surface area contributed by atoms with Gasteiger partial charge in [0, 0.05) is 7.85 Å². The van der Waals surface area contributed by atoms with E-state index in [-0.39, 0.29) is 0 Å². The molecule has 0 bridgehead atoms. The average Bonchev–Trinajstić information content (AvgIpc) is 2.30. The van der Waals surface area contributed by atoms with E-state index in [2.05, 4.69) is 69.4 Å². The number of hydrogen-bond acceptors (Lipinski definition) is 0. The molecule has 0 radical (unpaired) electrons. The molecule has 0 heterocycles. The lowest BCUT2D eigenvalue weighted by molar-refractivity contribution is 0.977. The van der Waals surface area contributed by atoms with Gasteiger partial charge in [-0.3, -0.25) is 0 Å². The molecule has 11 heavy (non-hydrogen) atoms. The molecule has 1 aliphatic rings. The minimum Gasteiger partial charge on any atom is -0.0808 e. The highest BCUT2D eigenvalue weighted by atomic mass is 127. The molecule has 2 rings (SSSR count). The van der Waals surface area contributed by atoms with E-state index in [1.54, 1.807) is 11.1 Å². The van der Waals surface area contributed by atoms with Gasteiger partial charge in [-0.1, -0.05) is 69.4 Å². The largest absolute Gasteiger partial charge is 0.0808 e. The number of halogens is 2. The fraction of sp³-hybridized carbons (Fsp3) is 0.333. The highest BCUT2D eigenvalue weighted by molar-refractivity contribution is 14.1. The molecule has 1 aliphatic carbocycles. The Labute approximate surface area is 94.0 Å². The van der Waals surface area contributed by atoms with Crippen molar-refractivity contribution in [3.63, 3.8) is 0 Å². The second kappa shape index (κ2) is 3.20. The lowest BCUT2D eigenvalue weighted by atomic mass is 10.1. The van der Waals surface area contributed by atoms with Crippen LogP contribution in [0.2, 0.25) is 0 Å². The first-order chi connectivity index (χ1) is 5.29. The Balaban J connectivity index is 2.47. The van der Waals surface area contributed by atoms with E-state index < -0.39 is 0 Å². The topological polar surface area (TPSA) is 0 Å². The monoisotopic (exact) mass is 370 g/mol. The zero-order valence-electron chi connectivity index (χ0n) is 5.93. The summed E-state index contributed by atoms with van der Waals surface area (Å²) in [5, 5.41) is 0. The first kappa shape index (κ1) is 8.29. The van der Waals surface area contributed by atoms with Crippen LogP contribution in [0.5, 0.6) is 0 Å². The molecule has 58 valence electrons. The number of rotatable bonds is 0. The Bertz CT molecular complexity index is 270. The molecule has 0 saturated carbocycles. The maximum Gasteiger partial charge on any atom is 0.0483 e. The lowest BCUT2D eigenvalue weighted by Gasteiger charge is -2.04. The number of alkyl halides is 2. The van der Waals surface area contributed by atoms with Gasteiger partial charge in [-0.2, -0.15) is 0 Å². The van der Waals surface area contributed by atoms with Gasteiger partial charge in [0.25, 0.3) is 0 Å². The van der Waals surface area contributed by atoms with E-state index in [0.29, 0.717) is 0 Å². The van der Waals surface area contributed by atoms with Crippen LogP contribution < -0.4 is 0 Å². The number of fused-ring (bicyclic) bond motifs is 1. The summed E-state index contributed by atoms with van der Waals surface area (Å²) in [5.74, 6) is 0. The predicted octanol–water partition coefficient (Wildman–Crippen LogP) is 3.52. The van der Waals surface area contributed by atoms with E-state index in [0.717, 1.165) is 7.85 Å². The summed E-state index contributed by atoms with van der Waals surface area (Å²) >= 11 is 5.09. The molecule has 2 atom stereocenters. The van der Waals surface area contributed by atoms with Crippen LogP contribution in [-0.2, 0) is 6.42 Å². The summed E-state index contributed by atoms with van der Waals surface area (Å²) in [6.07, 6.45) is 1.25. The molecule has 2 unspecified atom stereocenters. The van der Waals surface area contributed by atoms with Crippen molar-refractivity contribution < 1.29 is 0 Å². The molecule has 0 spiro atoms. The summed E-state index contributed by atoms with van der Waals surface area (Å²) in [4.78, 5) is 0. The lowest BCUT2D eigenvalue weighted by Crippen LogP contribution is -1.96. The van der Waals surface area contributed by atoms with Crippen molar-refractivity contribution in [2.75, 3.05) is 0 Å². The molecule has 0 N–H and O–H groups in total. The highest BCUT2D eigenvalue weighted by Gasteiger charge is 2.27. The highest BCUT2D eigenvalue weighted by Crippen LogP contribution is 2.41. The Kier molecular flexibility index (Phi) is 2.41. The van der Waals surface area contributed by atoms with Crippen molar-refractivity contribution in [3.05, 3.63) is 35.4 Å². The molecule has 2 heteroatoms. The van der Waals surface area contributed by atoms with Crippen molar-refractivity contribution in [1.29, 1.82) is 0 Å². The Morgan fingerprint density at radius 2 is 1.91 bits per heavy atom. The molecule has 1 aromatic carbocycles. The van der Waals surface area contributed by atoms with Gasteiger partial charge in [0.2, 0.25) is 0 Å². The van der Waals surface area contributed by atoms with E-state index >= 15 is 0 Å². The summed E-state index contributed by atoms with van der Waals surface area (Å²) < 4.78 is 1.52. The molecule has 0 aromatic heterocycles. The third-order valence-corrected chi connectivity index (χ3v) is 6.16. The molecule has 0 saturated heterocycles. The number of benzene rings is 1. The van der Waals surface area contributed by atoms with Gasteiger partial charge >= 0.3 is 0 Å². The van der Waals surface area contributed by atoms with Gasteiger partial charge in [0.1, 0.15) is 0 Å². The minimum atomic E-state index is 0.726. The van der Waals surface area contributed by atoms with Crippen molar-refractivity contribution in [1.82, 2.24) is 0 Å². The molecular formula is C9H8I2. The second-order valence-electron chi connectivity index (χ2n) is 2.82. The van der Waals surface area contributed by atoms with Crippen LogP contribution in [0.4, 0.5) is 0 Å². The zero-order chi connectivity index (χ0) is 7.84. The van der Waals surface area contributed by atoms with Gasteiger partial charge in [-0.25, -0.2) is 0 Å². The average molecular weight is 370 g/mol. The van der Waals surface area contributed by atoms with Crippen molar-refractivity contribution >= 4 is 45.2 Å². The van der Waals surface area contributed by atoms with Crippen LogP contribution in [0, 0.1) is 0 Å². The van der Waals surface area contributed by atoms with Crippen LogP contribution in [0.25, 0.3) is 0 Å². The summed E-state index contributed by atoms with van der Waals surface area (Å²) in [6, 6.07) is 8.78. The van der Waals surface area contributed by atoms with Crippen molar-refractivity contribution in [3.8, 4) is 0 Å². The maximum atomic E-state index is 2.55. The predicted molar refractivity (Wildman–Crippen MR) is 64.7 cm³/mol. The summed E-state index contributed by atoms with van der Waals surface area (Å²) in [6.45, 7) is 0. The van der Waals surface area contributed by atoms with E-state index in [9.17, 15) is 0 Å². The Hall–Kier alpha value is 0.680. The van der Waals surface area contributed by atoms with Crippen LogP contribution >= 0.6 is 45.2 Å². The summed E-state index contributed by atoms with van der Waals surface area (Å²) in [5.41, 5.74) is 3.10. The standard InChI is InChI=1S/C9H8I2/c10-8-5-6-3-1-2-4-7(6)9(8)11/h1-4,8-9H,5H2. The molecule has 0 amide bonds. The van der Waals surface area contributed by atoms with E-state index in [4.69, 9.17) is 0 Å². The molecule has 0 nitrogen and oxygen atoms in total. The third kappa shape index (κ3) is 1.43. The van der Waals surface area contributed by atoms with Crippen LogP contribution in [0.1, 0.15) is 15.1 Å². The van der Waals surface area contributed by atoms with Gasteiger partial charge in [-0.05, 0) is 17.5 Å². The Morgan fingerprint density at radius 1 is 1.18 bits per heavy atom. The second-order valence-corrected chi connectivity index (χ2v) is 5.76. The van der Waals surface area contributed by atoms with Gasteiger partial charge < -0.3 is 0 Å². The molecule has 1 aromatic rings. The van der Waals surface area contributed by atoms with Crippen molar-refractivity contribution in [2.24, 2.45) is 0 Å². The first-order valence-corrected chi connectivity index (χ1v) is 6.14. The zero-order valence-corrected chi connectivity index (χ0v) is 10.2. The first-order valence-electron chi connectivity index (χ1n) is 3.65. The van der Waals surface area contributed by atoms with Gasteiger partial charge in [0.15, 0.2) is 0 Å². The van der Waals surface area contributed by atoms with Gasteiger partial charge in [0.05, 0.1) is 0 Å². The van der Waals surface area contributed by atoms with Crippen LogP contribution in [0.3, 0.4) is 0 Å². The molecule has 0 aliphatic heterocycles. The normalized spacial score (nSPS) is 28.5. The van der Waals surface area contributed by atoms with Crippen LogP contribution in [-0.4, -0.2) is 3.92 Å². The van der Waals surface area contributed by atoms with E-state index in [1.165, 1.54) is 6.42 Å². The van der Waals surface area contributed by atoms with E-state index in [1.807, 2.05) is 0 Å². The number of hydrogen-bond donors (Lipinski definition) is 0. The maximum absolute atomic E-state index is 2.55. The third-order valence-electron chi connectivity index (χ3n) is 2.08. The van der Waals surface area contributed by atoms with Crippen molar-refractivity contribution in [2.45, 2.75) is 14.3 Å². The summed E-state index contributed by atoms with van der Waals surface area (Å²) in [7, 11) is 0. The quantitative estimate of drug-likeness (QED) is 0.485. The van der Waals surface area contributed by atoms with Gasteiger partial charge in [-0.15, -0.1) is 0 Å². The molecular weight excluding hydrogens is 362 g/mol. The smallest absolute Gasteiger partial charge is 0.0483 e. The fourth-order valence-corrected chi connectivity index (χ4v) is 3.22. The SMILES string of the molecule is IC1Cc2ccccc2C1I. The fourth-order valence-electron chi connectivity index (χ4n) is 1.50. The van der Waals surface area contributed by atoms with Crippen LogP contribution in [0.15, 0.2) is 24.3 Å². The Morgan fingerprint density at radius 3 is 2.64 bits per heavy atom. The minimum absolute atomic E-state index is 0.726. The molecule has 0 fully saturated rings.